The van der Waals surface area contributed by atoms with Gasteiger partial charge in [0.2, 0.25) is 0 Å². The minimum absolute atomic E-state index is 0.103. The standard InChI is InChI=1S/C16H19ClN2OS/c17-14-4-1-3-13(9-14)10-16(12-20)5-2-7-19(11-16)15-18-6-8-21-15/h1,3-4,6,8-9,20H,2,5,7,10-12H2/t16-/m0/s1. The number of aliphatic hydroxyl groups excluding tert-OH is 1. The molecule has 2 aromatic rings. The van der Waals surface area contributed by atoms with Crippen LogP contribution < -0.4 is 4.90 Å². The van der Waals surface area contributed by atoms with Crippen molar-refractivity contribution in [3.63, 3.8) is 0 Å². The fourth-order valence-corrected chi connectivity index (χ4v) is 4.04. The summed E-state index contributed by atoms with van der Waals surface area (Å²) >= 11 is 7.74. The Labute approximate surface area is 134 Å². The van der Waals surface area contributed by atoms with Gasteiger partial charge in [0.1, 0.15) is 0 Å². The summed E-state index contributed by atoms with van der Waals surface area (Å²) in [5, 5.41) is 13.8. The maximum absolute atomic E-state index is 10.0. The zero-order valence-corrected chi connectivity index (χ0v) is 13.4. The summed E-state index contributed by atoms with van der Waals surface area (Å²) in [5.41, 5.74) is 1.09. The number of nitrogens with zero attached hydrogens (tertiary/aromatic N) is 2. The molecule has 1 saturated heterocycles. The Morgan fingerprint density at radius 3 is 3.05 bits per heavy atom. The Morgan fingerprint density at radius 2 is 2.33 bits per heavy atom. The first-order valence-corrected chi connectivity index (χ1v) is 8.46. The lowest BCUT2D eigenvalue weighted by Crippen LogP contribution is -2.46. The van der Waals surface area contributed by atoms with Crippen molar-refractivity contribution < 1.29 is 5.11 Å². The van der Waals surface area contributed by atoms with Crippen molar-refractivity contribution in [2.24, 2.45) is 5.41 Å². The zero-order chi connectivity index (χ0) is 14.7. The van der Waals surface area contributed by atoms with E-state index in [0.717, 1.165) is 42.5 Å². The lowest BCUT2D eigenvalue weighted by molar-refractivity contribution is 0.105. The molecule has 0 unspecified atom stereocenters. The van der Waals surface area contributed by atoms with Gasteiger partial charge in [-0.25, -0.2) is 4.98 Å². The predicted octanol–water partition coefficient (Wildman–Crippen LogP) is 3.62. The van der Waals surface area contributed by atoms with E-state index in [4.69, 9.17) is 11.6 Å². The second-order valence-corrected chi connectivity index (χ2v) is 7.11. The van der Waals surface area contributed by atoms with Gasteiger partial charge in [-0.05, 0) is 37.0 Å². The predicted molar refractivity (Wildman–Crippen MR) is 88.2 cm³/mol. The number of hydrogen-bond acceptors (Lipinski definition) is 4. The van der Waals surface area contributed by atoms with Gasteiger partial charge in [-0.15, -0.1) is 11.3 Å². The highest BCUT2D eigenvalue weighted by molar-refractivity contribution is 7.13. The first-order valence-electron chi connectivity index (χ1n) is 7.21. The highest BCUT2D eigenvalue weighted by atomic mass is 35.5. The fraction of sp³-hybridized carbons (Fsp3) is 0.438. The molecule has 0 radical (unpaired) electrons. The summed E-state index contributed by atoms with van der Waals surface area (Å²) in [6.07, 6.45) is 4.82. The van der Waals surface area contributed by atoms with Crippen LogP contribution in [-0.4, -0.2) is 29.8 Å². The molecule has 1 aliphatic heterocycles. The molecule has 1 N–H and O–H groups in total. The molecule has 0 saturated carbocycles. The zero-order valence-electron chi connectivity index (χ0n) is 11.8. The second kappa shape index (κ2) is 6.34. The Morgan fingerprint density at radius 1 is 1.43 bits per heavy atom. The van der Waals surface area contributed by atoms with Gasteiger partial charge in [-0.1, -0.05) is 23.7 Å². The molecule has 1 aromatic carbocycles. The van der Waals surface area contributed by atoms with Crippen LogP contribution in [0.4, 0.5) is 5.13 Å². The molecular weight excluding hydrogens is 304 g/mol. The lowest BCUT2D eigenvalue weighted by Gasteiger charge is -2.42. The summed E-state index contributed by atoms with van der Waals surface area (Å²) in [6.45, 7) is 2.07. The number of piperidine rings is 1. The molecule has 1 aromatic heterocycles. The molecule has 1 aliphatic rings. The second-order valence-electron chi connectivity index (χ2n) is 5.80. The van der Waals surface area contributed by atoms with Crippen LogP contribution >= 0.6 is 22.9 Å². The van der Waals surface area contributed by atoms with Crippen LogP contribution in [0.5, 0.6) is 0 Å². The Bertz CT molecular complexity index is 590. The van der Waals surface area contributed by atoms with Gasteiger partial charge < -0.3 is 10.0 Å². The fourth-order valence-electron chi connectivity index (χ4n) is 3.15. The molecule has 21 heavy (non-hydrogen) atoms. The van der Waals surface area contributed by atoms with E-state index in [0.29, 0.717) is 0 Å². The van der Waals surface area contributed by atoms with Crippen LogP contribution in [0.25, 0.3) is 0 Å². The van der Waals surface area contributed by atoms with Crippen LogP contribution in [0.2, 0.25) is 5.02 Å². The van der Waals surface area contributed by atoms with E-state index in [-0.39, 0.29) is 12.0 Å². The maximum atomic E-state index is 10.0. The summed E-state index contributed by atoms with van der Waals surface area (Å²) in [5.74, 6) is 0. The Hall–Kier alpha value is -1.10. The molecule has 0 amide bonds. The molecule has 3 nitrogen and oxygen atoms in total. The molecule has 3 rings (SSSR count). The highest BCUT2D eigenvalue weighted by Crippen LogP contribution is 2.36. The van der Waals surface area contributed by atoms with E-state index in [1.165, 1.54) is 5.56 Å². The Kier molecular flexibility index (Phi) is 4.48. The summed E-state index contributed by atoms with van der Waals surface area (Å²) < 4.78 is 0. The van der Waals surface area contributed by atoms with Gasteiger partial charge in [-0.3, -0.25) is 0 Å². The number of aromatic nitrogens is 1. The number of hydrogen-bond donors (Lipinski definition) is 1. The summed E-state index contributed by atoms with van der Waals surface area (Å²) in [7, 11) is 0. The minimum Gasteiger partial charge on any atom is -0.396 e. The topological polar surface area (TPSA) is 36.4 Å². The molecule has 1 atom stereocenters. The number of anilines is 1. The average molecular weight is 323 g/mol. The third kappa shape index (κ3) is 3.39. The van der Waals surface area contributed by atoms with Crippen LogP contribution in [0.15, 0.2) is 35.8 Å². The lowest BCUT2D eigenvalue weighted by atomic mass is 9.76. The van der Waals surface area contributed by atoms with Crippen molar-refractivity contribution in [1.82, 2.24) is 4.98 Å². The van der Waals surface area contributed by atoms with Crippen molar-refractivity contribution in [1.29, 1.82) is 0 Å². The molecule has 0 spiro atoms. The number of benzene rings is 1. The van der Waals surface area contributed by atoms with E-state index < -0.39 is 0 Å². The Balaban J connectivity index is 1.79. The number of thiazole rings is 1. The van der Waals surface area contributed by atoms with Crippen LogP contribution in [-0.2, 0) is 6.42 Å². The third-order valence-corrected chi connectivity index (χ3v) is 5.22. The molecule has 1 fully saturated rings. The summed E-state index contributed by atoms with van der Waals surface area (Å²) in [6, 6.07) is 7.95. The maximum Gasteiger partial charge on any atom is 0.185 e. The van der Waals surface area contributed by atoms with E-state index >= 15 is 0 Å². The van der Waals surface area contributed by atoms with E-state index in [9.17, 15) is 5.11 Å². The monoisotopic (exact) mass is 322 g/mol. The van der Waals surface area contributed by atoms with Gasteiger partial charge >= 0.3 is 0 Å². The molecule has 0 aliphatic carbocycles. The molecule has 112 valence electrons. The number of rotatable bonds is 4. The van der Waals surface area contributed by atoms with Crippen molar-refractivity contribution >= 4 is 28.1 Å². The molecule has 5 heteroatoms. The van der Waals surface area contributed by atoms with Gasteiger partial charge in [0.15, 0.2) is 5.13 Å². The average Bonchev–Trinajstić information content (AvgIpc) is 3.02. The molecule has 0 bridgehead atoms. The van der Waals surface area contributed by atoms with E-state index in [1.807, 2.05) is 29.8 Å². The van der Waals surface area contributed by atoms with Gasteiger partial charge in [0.25, 0.3) is 0 Å². The normalized spacial score (nSPS) is 22.5. The number of halogens is 1. The van der Waals surface area contributed by atoms with Crippen LogP contribution in [0.3, 0.4) is 0 Å². The highest BCUT2D eigenvalue weighted by Gasteiger charge is 2.36. The van der Waals surface area contributed by atoms with Gasteiger partial charge in [0, 0.05) is 35.1 Å². The first-order chi connectivity index (χ1) is 10.2. The van der Waals surface area contributed by atoms with Gasteiger partial charge in [-0.2, -0.15) is 0 Å². The number of aliphatic hydroxyl groups is 1. The third-order valence-electron chi connectivity index (χ3n) is 4.15. The van der Waals surface area contributed by atoms with Gasteiger partial charge in [0.05, 0.1) is 6.61 Å². The largest absolute Gasteiger partial charge is 0.396 e. The van der Waals surface area contributed by atoms with Crippen LogP contribution in [0, 0.1) is 5.41 Å². The van der Waals surface area contributed by atoms with Crippen LogP contribution in [0.1, 0.15) is 18.4 Å². The smallest absolute Gasteiger partial charge is 0.185 e. The van der Waals surface area contributed by atoms with Crippen molar-refractivity contribution in [3.8, 4) is 0 Å². The van der Waals surface area contributed by atoms with Crippen molar-refractivity contribution in [2.45, 2.75) is 19.3 Å². The molecular formula is C16H19ClN2OS. The SMILES string of the molecule is OC[C@]1(Cc2cccc(Cl)c2)CCCN(c2nccs2)C1. The minimum atomic E-state index is -0.103. The van der Waals surface area contributed by atoms with E-state index in [1.54, 1.807) is 11.3 Å². The summed E-state index contributed by atoms with van der Waals surface area (Å²) in [4.78, 5) is 6.70. The van der Waals surface area contributed by atoms with Crippen molar-refractivity contribution in [2.75, 3.05) is 24.6 Å². The quantitative estimate of drug-likeness (QED) is 0.934. The first kappa shape index (κ1) is 14.8. The van der Waals surface area contributed by atoms with Crippen molar-refractivity contribution in [3.05, 3.63) is 46.4 Å². The molecule has 2 heterocycles. The van der Waals surface area contributed by atoms with E-state index in [2.05, 4.69) is 16.0 Å².